The van der Waals surface area contributed by atoms with Gasteiger partial charge in [-0.3, -0.25) is 0 Å². The lowest BCUT2D eigenvalue weighted by Crippen LogP contribution is -2.49. The normalized spacial score (nSPS) is 31.8. The Morgan fingerprint density at radius 1 is 1.60 bits per heavy atom. The van der Waals surface area contributed by atoms with Gasteiger partial charge in [0.1, 0.15) is 5.01 Å². The lowest BCUT2D eigenvalue weighted by molar-refractivity contribution is 0.318. The molecule has 4 heteroatoms. The maximum Gasteiger partial charge on any atom is 0.114 e. The molecule has 1 saturated heterocycles. The average Bonchev–Trinajstić information content (AvgIpc) is 2.66. The van der Waals surface area contributed by atoms with Gasteiger partial charge in [-0.05, 0) is 32.6 Å². The van der Waals surface area contributed by atoms with Gasteiger partial charge >= 0.3 is 0 Å². The van der Waals surface area contributed by atoms with Gasteiger partial charge in [-0.2, -0.15) is 11.8 Å². The molecule has 2 nitrogen and oxygen atoms in total. The third kappa shape index (κ3) is 1.95. The third-order valence-electron chi connectivity index (χ3n) is 3.22. The summed E-state index contributed by atoms with van der Waals surface area (Å²) in [5.74, 6) is 1.29. The minimum atomic E-state index is 0.113. The number of nitrogens with zero attached hydrogens (tertiary/aromatic N) is 1. The van der Waals surface area contributed by atoms with E-state index in [0.29, 0.717) is 5.25 Å². The van der Waals surface area contributed by atoms with Crippen LogP contribution in [0.1, 0.15) is 30.5 Å². The molecule has 0 bridgehead atoms. The van der Waals surface area contributed by atoms with Gasteiger partial charge in [-0.15, -0.1) is 11.3 Å². The highest BCUT2D eigenvalue weighted by Crippen LogP contribution is 2.42. The second kappa shape index (κ2) is 4.44. The molecule has 2 atom stereocenters. The molecule has 2 heterocycles. The van der Waals surface area contributed by atoms with Gasteiger partial charge in [0.25, 0.3) is 0 Å². The molecular formula is C11H18N2S2. The number of aromatic nitrogens is 1. The van der Waals surface area contributed by atoms with Gasteiger partial charge in [-0.25, -0.2) is 4.98 Å². The predicted octanol–water partition coefficient (Wildman–Crippen LogP) is 2.78. The second-order valence-electron chi connectivity index (χ2n) is 4.13. The van der Waals surface area contributed by atoms with Crippen LogP contribution in [-0.2, 0) is 5.54 Å². The average molecular weight is 242 g/mol. The van der Waals surface area contributed by atoms with Crippen LogP contribution in [0.25, 0.3) is 0 Å². The van der Waals surface area contributed by atoms with Crippen LogP contribution < -0.4 is 5.32 Å². The Morgan fingerprint density at radius 3 is 2.93 bits per heavy atom. The fraction of sp³-hybridized carbons (Fsp3) is 0.727. The number of rotatable bonds is 2. The van der Waals surface area contributed by atoms with Crippen molar-refractivity contribution in [3.8, 4) is 0 Å². The van der Waals surface area contributed by atoms with Crippen LogP contribution in [0.3, 0.4) is 0 Å². The van der Waals surface area contributed by atoms with E-state index in [1.165, 1.54) is 23.6 Å². The second-order valence-corrected chi connectivity index (χ2v) is 6.44. The summed E-state index contributed by atoms with van der Waals surface area (Å²) < 4.78 is 0. The minimum Gasteiger partial charge on any atom is -0.308 e. The predicted molar refractivity (Wildman–Crippen MR) is 68.7 cm³/mol. The molecule has 1 aromatic heterocycles. The van der Waals surface area contributed by atoms with Crippen LogP contribution in [0.2, 0.25) is 0 Å². The molecule has 15 heavy (non-hydrogen) atoms. The number of thioether (sulfide) groups is 1. The smallest absolute Gasteiger partial charge is 0.114 e. The zero-order chi connectivity index (χ0) is 10.9. The van der Waals surface area contributed by atoms with Gasteiger partial charge in [0.2, 0.25) is 0 Å². The van der Waals surface area contributed by atoms with Gasteiger partial charge in [-0.1, -0.05) is 6.92 Å². The van der Waals surface area contributed by atoms with E-state index in [0.717, 1.165) is 5.69 Å². The molecule has 1 aliphatic heterocycles. The zero-order valence-corrected chi connectivity index (χ0v) is 11.2. The molecule has 1 N–H and O–H groups in total. The van der Waals surface area contributed by atoms with Crippen LogP contribution in [0.5, 0.6) is 0 Å². The van der Waals surface area contributed by atoms with Crippen LogP contribution in [0.15, 0.2) is 5.38 Å². The molecule has 1 aliphatic rings. The Kier molecular flexibility index (Phi) is 3.38. The highest BCUT2D eigenvalue weighted by atomic mass is 32.2. The van der Waals surface area contributed by atoms with Gasteiger partial charge < -0.3 is 5.32 Å². The van der Waals surface area contributed by atoms with Crippen LogP contribution in [0, 0.1) is 6.92 Å². The Labute approximate surface area is 99.9 Å². The lowest BCUT2D eigenvalue weighted by Gasteiger charge is -2.40. The number of aryl methyl sites for hydroxylation is 1. The third-order valence-corrected chi connectivity index (χ3v) is 5.79. The molecule has 84 valence electrons. The first-order chi connectivity index (χ1) is 7.19. The first-order valence-corrected chi connectivity index (χ1v) is 7.35. The number of hydrogen-bond acceptors (Lipinski definition) is 4. The molecule has 0 amide bonds. The van der Waals surface area contributed by atoms with Gasteiger partial charge in [0.05, 0.1) is 5.54 Å². The number of nitrogens with one attached hydrogen (secondary N) is 1. The monoisotopic (exact) mass is 242 g/mol. The van der Waals surface area contributed by atoms with Crippen molar-refractivity contribution >= 4 is 23.1 Å². The van der Waals surface area contributed by atoms with Crippen LogP contribution in [-0.4, -0.2) is 23.0 Å². The number of thiazole rings is 1. The van der Waals surface area contributed by atoms with E-state index < -0.39 is 0 Å². The fourth-order valence-electron chi connectivity index (χ4n) is 2.23. The Bertz CT molecular complexity index is 337. The highest BCUT2D eigenvalue weighted by Gasteiger charge is 2.41. The molecule has 2 unspecified atom stereocenters. The van der Waals surface area contributed by atoms with Crippen molar-refractivity contribution in [3.05, 3.63) is 16.1 Å². The maximum absolute atomic E-state index is 4.67. The molecule has 0 spiro atoms. The zero-order valence-electron chi connectivity index (χ0n) is 9.54. The summed E-state index contributed by atoms with van der Waals surface area (Å²) in [5.41, 5.74) is 1.26. The summed E-state index contributed by atoms with van der Waals surface area (Å²) in [6, 6.07) is 0. The van der Waals surface area contributed by atoms with E-state index in [2.05, 4.69) is 48.3 Å². The van der Waals surface area contributed by atoms with Crippen molar-refractivity contribution in [3.63, 3.8) is 0 Å². The molecule has 0 saturated carbocycles. The molecular weight excluding hydrogens is 224 g/mol. The van der Waals surface area contributed by atoms with Crippen molar-refractivity contribution < 1.29 is 0 Å². The van der Waals surface area contributed by atoms with E-state index in [1.807, 2.05) is 0 Å². The largest absolute Gasteiger partial charge is 0.308 e. The fourth-order valence-corrected chi connectivity index (χ4v) is 4.73. The van der Waals surface area contributed by atoms with E-state index in [4.69, 9.17) is 0 Å². The maximum atomic E-state index is 4.67. The Hall–Kier alpha value is -0.0600. The molecule has 0 aliphatic carbocycles. The highest BCUT2D eigenvalue weighted by molar-refractivity contribution is 8.00. The van der Waals surface area contributed by atoms with E-state index >= 15 is 0 Å². The quantitative estimate of drug-likeness (QED) is 0.863. The van der Waals surface area contributed by atoms with Gasteiger partial charge in [0, 0.05) is 16.3 Å². The first kappa shape index (κ1) is 11.4. The van der Waals surface area contributed by atoms with Crippen LogP contribution in [0.4, 0.5) is 0 Å². The van der Waals surface area contributed by atoms with Crippen molar-refractivity contribution in [2.24, 2.45) is 0 Å². The van der Waals surface area contributed by atoms with Crippen molar-refractivity contribution in [2.45, 2.75) is 37.5 Å². The van der Waals surface area contributed by atoms with E-state index in [9.17, 15) is 0 Å². The van der Waals surface area contributed by atoms with Crippen molar-refractivity contribution in [1.29, 1.82) is 0 Å². The summed E-state index contributed by atoms with van der Waals surface area (Å²) in [6.07, 6.45) is 2.50. The lowest BCUT2D eigenvalue weighted by atomic mass is 9.90. The van der Waals surface area contributed by atoms with Crippen molar-refractivity contribution in [1.82, 2.24) is 10.3 Å². The van der Waals surface area contributed by atoms with Crippen LogP contribution >= 0.6 is 23.1 Å². The summed E-state index contributed by atoms with van der Waals surface area (Å²) in [5, 5.41) is 7.56. The first-order valence-electron chi connectivity index (χ1n) is 5.42. The molecule has 0 radical (unpaired) electrons. The van der Waals surface area contributed by atoms with E-state index in [-0.39, 0.29) is 5.54 Å². The molecule has 2 rings (SSSR count). The summed E-state index contributed by atoms with van der Waals surface area (Å²) >= 11 is 3.85. The summed E-state index contributed by atoms with van der Waals surface area (Å²) in [7, 11) is 2.07. The molecule has 0 aromatic carbocycles. The minimum absolute atomic E-state index is 0.113. The topological polar surface area (TPSA) is 24.9 Å². The molecule has 1 fully saturated rings. The van der Waals surface area contributed by atoms with Crippen molar-refractivity contribution in [2.75, 3.05) is 12.8 Å². The number of hydrogen-bond donors (Lipinski definition) is 1. The summed E-state index contributed by atoms with van der Waals surface area (Å²) in [4.78, 5) is 4.67. The van der Waals surface area contributed by atoms with Gasteiger partial charge in [0.15, 0.2) is 0 Å². The SMILES string of the molecule is CNC1(c2nc(C)cs2)CCCSC1C. The standard InChI is InChI=1S/C11H18N2S2/c1-8-7-15-10(13-8)11(12-3)5-4-6-14-9(11)2/h7,9,12H,4-6H2,1-3H3. The Balaban J connectivity index is 2.34. The summed E-state index contributed by atoms with van der Waals surface area (Å²) in [6.45, 7) is 4.39. The van der Waals surface area contributed by atoms with E-state index in [1.54, 1.807) is 11.3 Å². The Morgan fingerprint density at radius 2 is 2.40 bits per heavy atom. The molecule has 1 aromatic rings.